The molecule has 0 bridgehead atoms. The van der Waals surface area contributed by atoms with Crippen molar-refractivity contribution in [3.63, 3.8) is 0 Å². The van der Waals surface area contributed by atoms with Crippen molar-refractivity contribution in [2.45, 2.75) is 57.6 Å². The minimum Gasteiger partial charge on any atom is -0.473 e. The molecule has 0 aromatic carbocycles. The van der Waals surface area contributed by atoms with E-state index in [1.165, 1.54) is 63.8 Å². The highest BCUT2D eigenvalue weighted by Crippen LogP contribution is 2.17. The summed E-state index contributed by atoms with van der Waals surface area (Å²) >= 11 is 0. The number of rotatable bonds is 9. The Balaban J connectivity index is 1.52. The van der Waals surface area contributed by atoms with Gasteiger partial charge in [0.15, 0.2) is 0 Å². The maximum Gasteiger partial charge on any atom is 0.213 e. The Bertz CT molecular complexity index is 504. The predicted molar refractivity (Wildman–Crippen MR) is 103 cm³/mol. The van der Waals surface area contributed by atoms with Crippen LogP contribution in [0.3, 0.4) is 0 Å². The van der Waals surface area contributed by atoms with Gasteiger partial charge in [-0.2, -0.15) is 0 Å². The first-order valence-electron chi connectivity index (χ1n) is 10.0. The summed E-state index contributed by atoms with van der Waals surface area (Å²) in [6, 6.07) is 4.22. The van der Waals surface area contributed by atoms with Gasteiger partial charge in [-0.1, -0.05) is 18.6 Å². The second-order valence-electron chi connectivity index (χ2n) is 7.46. The number of allylic oxidation sites excluding steroid dienone is 1. The van der Waals surface area contributed by atoms with Crippen LogP contribution in [0.25, 0.3) is 0 Å². The first-order chi connectivity index (χ1) is 12.3. The molecule has 2 fully saturated rings. The van der Waals surface area contributed by atoms with Crippen LogP contribution in [0.5, 0.6) is 5.88 Å². The van der Waals surface area contributed by atoms with Gasteiger partial charge in [-0.3, -0.25) is 9.80 Å². The second-order valence-corrected chi connectivity index (χ2v) is 7.46. The summed E-state index contributed by atoms with van der Waals surface area (Å²) in [6.45, 7) is 10.7. The number of pyridine rings is 1. The summed E-state index contributed by atoms with van der Waals surface area (Å²) in [5.74, 6) is 0.760. The second kappa shape index (κ2) is 9.93. The number of piperidine rings is 1. The molecule has 0 spiro atoms. The molecule has 0 aliphatic carbocycles. The van der Waals surface area contributed by atoms with Gasteiger partial charge in [-0.05, 0) is 70.3 Å². The molecule has 4 heteroatoms. The zero-order valence-electron chi connectivity index (χ0n) is 15.5. The molecule has 1 atom stereocenters. The Labute approximate surface area is 152 Å². The van der Waals surface area contributed by atoms with Crippen LogP contribution in [0.4, 0.5) is 0 Å². The maximum atomic E-state index is 6.21. The third-order valence-corrected chi connectivity index (χ3v) is 5.29. The van der Waals surface area contributed by atoms with E-state index in [1.807, 2.05) is 18.3 Å². The number of nitrogens with zero attached hydrogens (tertiary/aromatic N) is 3. The zero-order valence-corrected chi connectivity index (χ0v) is 15.5. The summed E-state index contributed by atoms with van der Waals surface area (Å²) in [5, 5.41) is 0. The minimum atomic E-state index is 0.205. The smallest absolute Gasteiger partial charge is 0.213 e. The topological polar surface area (TPSA) is 28.6 Å². The molecule has 1 aromatic heterocycles. The zero-order chi connectivity index (χ0) is 17.3. The molecule has 1 unspecified atom stereocenters. The summed E-state index contributed by atoms with van der Waals surface area (Å²) < 4.78 is 6.21. The normalized spacial score (nSPS) is 20.5. The lowest BCUT2D eigenvalue weighted by molar-refractivity contribution is 0.134. The Morgan fingerprint density at radius 2 is 1.76 bits per heavy atom. The van der Waals surface area contributed by atoms with E-state index in [-0.39, 0.29) is 6.10 Å². The molecule has 3 rings (SSSR count). The third kappa shape index (κ3) is 6.12. The lowest BCUT2D eigenvalue weighted by Crippen LogP contribution is -2.34. The van der Waals surface area contributed by atoms with Gasteiger partial charge in [0.1, 0.15) is 6.10 Å². The molecule has 4 nitrogen and oxygen atoms in total. The molecule has 0 amide bonds. The molecule has 1 aromatic rings. The predicted octanol–water partition coefficient (Wildman–Crippen LogP) is 3.88. The van der Waals surface area contributed by atoms with Crippen molar-refractivity contribution in [2.24, 2.45) is 0 Å². The van der Waals surface area contributed by atoms with Gasteiger partial charge in [-0.25, -0.2) is 4.98 Å². The monoisotopic (exact) mass is 343 g/mol. The fourth-order valence-electron chi connectivity index (χ4n) is 3.87. The van der Waals surface area contributed by atoms with E-state index in [0.29, 0.717) is 0 Å². The van der Waals surface area contributed by atoms with E-state index >= 15 is 0 Å². The van der Waals surface area contributed by atoms with Crippen LogP contribution in [0, 0.1) is 0 Å². The quantitative estimate of drug-likeness (QED) is 0.636. The number of hydrogen-bond donors (Lipinski definition) is 0. The van der Waals surface area contributed by atoms with Gasteiger partial charge in [0.2, 0.25) is 5.88 Å². The molecule has 3 heterocycles. The Morgan fingerprint density at radius 1 is 1.04 bits per heavy atom. The molecule has 25 heavy (non-hydrogen) atoms. The standard InChI is InChI=1S/C21H33N3O/c1-2-3-9-20(18-24-14-7-8-15-24)25-21-11-10-19(16-22-21)17-23-12-5-4-6-13-23/h2,10-11,16,20H,1,3-9,12-15,17-18H2. The summed E-state index contributed by atoms with van der Waals surface area (Å²) in [4.78, 5) is 9.61. The lowest BCUT2D eigenvalue weighted by atomic mass is 10.1. The van der Waals surface area contributed by atoms with Crippen LogP contribution in [0.2, 0.25) is 0 Å². The van der Waals surface area contributed by atoms with E-state index in [1.54, 1.807) is 0 Å². The first kappa shape index (κ1) is 18.4. The van der Waals surface area contributed by atoms with Crippen LogP contribution in [-0.2, 0) is 6.54 Å². The highest BCUT2D eigenvalue weighted by atomic mass is 16.5. The van der Waals surface area contributed by atoms with Gasteiger partial charge in [0.25, 0.3) is 0 Å². The molecule has 2 saturated heterocycles. The summed E-state index contributed by atoms with van der Waals surface area (Å²) in [6.07, 6.45) is 12.9. The van der Waals surface area contributed by atoms with Crippen LogP contribution in [0.1, 0.15) is 50.5 Å². The van der Waals surface area contributed by atoms with Gasteiger partial charge >= 0.3 is 0 Å². The van der Waals surface area contributed by atoms with Crippen molar-refractivity contribution >= 4 is 0 Å². The number of aromatic nitrogens is 1. The fourth-order valence-corrected chi connectivity index (χ4v) is 3.87. The molecule has 2 aliphatic heterocycles. The largest absolute Gasteiger partial charge is 0.473 e. The van der Waals surface area contributed by atoms with E-state index in [2.05, 4.69) is 27.4 Å². The highest BCUT2D eigenvalue weighted by Gasteiger charge is 2.19. The molecular weight excluding hydrogens is 310 g/mol. The Morgan fingerprint density at radius 3 is 2.44 bits per heavy atom. The number of likely N-dealkylation sites (tertiary alicyclic amines) is 2. The lowest BCUT2D eigenvalue weighted by Gasteiger charge is -2.26. The molecule has 0 radical (unpaired) electrons. The highest BCUT2D eigenvalue weighted by molar-refractivity contribution is 5.18. The van der Waals surface area contributed by atoms with E-state index in [9.17, 15) is 0 Å². The molecule has 0 N–H and O–H groups in total. The van der Waals surface area contributed by atoms with Crippen molar-refractivity contribution in [2.75, 3.05) is 32.7 Å². The van der Waals surface area contributed by atoms with Crippen LogP contribution < -0.4 is 4.74 Å². The van der Waals surface area contributed by atoms with Crippen LogP contribution in [-0.4, -0.2) is 53.6 Å². The van der Waals surface area contributed by atoms with E-state index in [4.69, 9.17) is 4.74 Å². The third-order valence-electron chi connectivity index (χ3n) is 5.29. The Hall–Kier alpha value is -1.39. The summed E-state index contributed by atoms with van der Waals surface area (Å²) in [7, 11) is 0. The van der Waals surface area contributed by atoms with Crippen molar-refractivity contribution in [3.8, 4) is 5.88 Å². The van der Waals surface area contributed by atoms with Crippen molar-refractivity contribution in [1.29, 1.82) is 0 Å². The van der Waals surface area contributed by atoms with Gasteiger partial charge in [0, 0.05) is 25.4 Å². The molecule has 0 saturated carbocycles. The molecule has 2 aliphatic rings. The van der Waals surface area contributed by atoms with Crippen LogP contribution in [0.15, 0.2) is 31.0 Å². The van der Waals surface area contributed by atoms with Crippen molar-refractivity contribution < 1.29 is 4.74 Å². The molecule has 138 valence electrons. The minimum absolute atomic E-state index is 0.205. The molecular formula is C21H33N3O. The number of hydrogen-bond acceptors (Lipinski definition) is 4. The van der Waals surface area contributed by atoms with E-state index in [0.717, 1.165) is 31.8 Å². The summed E-state index contributed by atoms with van der Waals surface area (Å²) in [5.41, 5.74) is 1.29. The Kier molecular flexibility index (Phi) is 7.31. The van der Waals surface area contributed by atoms with Crippen LogP contribution >= 0.6 is 0 Å². The van der Waals surface area contributed by atoms with E-state index < -0.39 is 0 Å². The average molecular weight is 344 g/mol. The van der Waals surface area contributed by atoms with Gasteiger partial charge in [-0.15, -0.1) is 6.58 Å². The van der Waals surface area contributed by atoms with Crippen molar-refractivity contribution in [1.82, 2.24) is 14.8 Å². The van der Waals surface area contributed by atoms with Gasteiger partial charge < -0.3 is 4.74 Å². The average Bonchev–Trinajstić information content (AvgIpc) is 3.15. The van der Waals surface area contributed by atoms with Crippen molar-refractivity contribution in [3.05, 3.63) is 36.5 Å². The SMILES string of the molecule is C=CCCC(CN1CCCC1)Oc1ccc(CN2CCCCC2)cn1. The maximum absolute atomic E-state index is 6.21. The van der Waals surface area contributed by atoms with Gasteiger partial charge in [0.05, 0.1) is 0 Å². The number of ether oxygens (including phenoxy) is 1. The fraction of sp³-hybridized carbons (Fsp3) is 0.667. The first-order valence-corrected chi connectivity index (χ1v) is 10.0.